The van der Waals surface area contributed by atoms with Crippen LogP contribution in [-0.4, -0.2) is 20.7 Å². The number of nitrogens with zero attached hydrogens (tertiary/aromatic N) is 3. The summed E-state index contributed by atoms with van der Waals surface area (Å²) in [5.74, 6) is -0.0604. The molecule has 0 radical (unpaired) electrons. The van der Waals surface area contributed by atoms with Gasteiger partial charge in [0.2, 0.25) is 0 Å². The lowest BCUT2D eigenvalue weighted by molar-refractivity contribution is 0.0996. The Morgan fingerprint density at radius 3 is 2.42 bits per heavy atom. The molecule has 0 saturated carbocycles. The summed E-state index contributed by atoms with van der Waals surface area (Å²) in [7, 11) is 0. The summed E-state index contributed by atoms with van der Waals surface area (Å²) >= 11 is 0. The summed E-state index contributed by atoms with van der Waals surface area (Å²) < 4.78 is 1.45. The zero-order valence-corrected chi connectivity index (χ0v) is 11.2. The second kappa shape index (κ2) is 4.38. The van der Waals surface area contributed by atoms with Gasteiger partial charge in [0, 0.05) is 6.20 Å². The smallest absolute Gasteiger partial charge is 0.271 e. The zero-order chi connectivity index (χ0) is 14.2. The van der Waals surface area contributed by atoms with Crippen LogP contribution >= 0.6 is 0 Å². The maximum absolute atomic E-state index is 11.1. The number of hydrogen-bond acceptors (Lipinski definition) is 4. The van der Waals surface area contributed by atoms with E-state index in [0.29, 0.717) is 5.82 Å². The molecule has 0 aromatic carbocycles. The standard InChI is InChI=1S/C13H17N5O/c1-13(2,3)8-4-5-10(16-6-8)18-7-9(14)11(17-18)12(15)19/h4-7H,14H2,1-3H3,(H2,15,19). The highest BCUT2D eigenvalue weighted by atomic mass is 16.1. The predicted molar refractivity (Wildman–Crippen MR) is 73.0 cm³/mol. The third-order valence-corrected chi connectivity index (χ3v) is 2.82. The number of nitrogens with two attached hydrogens (primary N) is 2. The molecule has 19 heavy (non-hydrogen) atoms. The molecule has 2 rings (SSSR count). The molecule has 2 aromatic heterocycles. The van der Waals surface area contributed by atoms with Crippen molar-refractivity contribution in [3.8, 4) is 5.82 Å². The first kappa shape index (κ1) is 13.1. The first-order valence-corrected chi connectivity index (χ1v) is 5.91. The summed E-state index contributed by atoms with van der Waals surface area (Å²) in [5.41, 5.74) is 12.3. The van der Waals surface area contributed by atoms with Crippen LogP contribution in [0, 0.1) is 0 Å². The molecule has 0 atom stereocenters. The van der Waals surface area contributed by atoms with Crippen LogP contribution in [0.25, 0.3) is 5.82 Å². The van der Waals surface area contributed by atoms with Gasteiger partial charge in [0.1, 0.15) is 0 Å². The highest BCUT2D eigenvalue weighted by Crippen LogP contribution is 2.22. The monoisotopic (exact) mass is 259 g/mol. The lowest BCUT2D eigenvalue weighted by Gasteiger charge is -2.18. The van der Waals surface area contributed by atoms with E-state index in [9.17, 15) is 4.79 Å². The molecule has 0 aliphatic rings. The van der Waals surface area contributed by atoms with Gasteiger partial charge < -0.3 is 11.5 Å². The van der Waals surface area contributed by atoms with Crippen LogP contribution < -0.4 is 11.5 Å². The number of rotatable bonds is 2. The molecular weight excluding hydrogens is 242 g/mol. The van der Waals surface area contributed by atoms with Gasteiger partial charge in [0.15, 0.2) is 11.5 Å². The van der Waals surface area contributed by atoms with Gasteiger partial charge >= 0.3 is 0 Å². The van der Waals surface area contributed by atoms with E-state index in [4.69, 9.17) is 11.5 Å². The highest BCUT2D eigenvalue weighted by Gasteiger charge is 2.15. The quantitative estimate of drug-likeness (QED) is 0.847. The van der Waals surface area contributed by atoms with Gasteiger partial charge in [-0.3, -0.25) is 4.79 Å². The molecule has 6 nitrogen and oxygen atoms in total. The van der Waals surface area contributed by atoms with Crippen LogP contribution in [0.1, 0.15) is 36.8 Å². The van der Waals surface area contributed by atoms with E-state index in [1.165, 1.54) is 10.9 Å². The van der Waals surface area contributed by atoms with Gasteiger partial charge in [-0.25, -0.2) is 9.67 Å². The van der Waals surface area contributed by atoms with Crippen LogP contribution in [0.5, 0.6) is 0 Å². The molecule has 0 aliphatic heterocycles. The van der Waals surface area contributed by atoms with Crippen LogP contribution in [0.2, 0.25) is 0 Å². The predicted octanol–water partition coefficient (Wildman–Crippen LogP) is 1.25. The van der Waals surface area contributed by atoms with Crippen molar-refractivity contribution in [3.05, 3.63) is 35.8 Å². The van der Waals surface area contributed by atoms with Crippen LogP contribution in [0.4, 0.5) is 5.69 Å². The van der Waals surface area contributed by atoms with Crippen LogP contribution in [0.3, 0.4) is 0 Å². The largest absolute Gasteiger partial charge is 0.396 e. The fourth-order valence-electron chi connectivity index (χ4n) is 1.66. The number of pyridine rings is 1. The number of anilines is 1. The summed E-state index contributed by atoms with van der Waals surface area (Å²) in [6, 6.07) is 3.81. The summed E-state index contributed by atoms with van der Waals surface area (Å²) in [4.78, 5) is 15.4. The fraction of sp³-hybridized carbons (Fsp3) is 0.308. The lowest BCUT2D eigenvalue weighted by Crippen LogP contribution is -2.14. The molecule has 0 unspecified atom stereocenters. The molecule has 6 heteroatoms. The lowest BCUT2D eigenvalue weighted by atomic mass is 9.88. The Hall–Kier alpha value is -2.37. The van der Waals surface area contributed by atoms with Crippen molar-refractivity contribution in [3.63, 3.8) is 0 Å². The number of nitrogen functional groups attached to an aromatic ring is 1. The number of aromatic nitrogens is 3. The first-order chi connectivity index (χ1) is 8.79. The second-order valence-corrected chi connectivity index (χ2v) is 5.40. The van der Waals surface area contributed by atoms with Crippen molar-refractivity contribution in [2.75, 3.05) is 5.73 Å². The summed E-state index contributed by atoms with van der Waals surface area (Å²) in [6.07, 6.45) is 3.32. The van der Waals surface area contributed by atoms with Crippen molar-refractivity contribution in [1.29, 1.82) is 0 Å². The summed E-state index contributed by atoms with van der Waals surface area (Å²) in [5, 5.41) is 4.03. The minimum Gasteiger partial charge on any atom is -0.396 e. The van der Waals surface area contributed by atoms with E-state index in [2.05, 4.69) is 30.9 Å². The number of amides is 1. The van der Waals surface area contributed by atoms with E-state index >= 15 is 0 Å². The SMILES string of the molecule is CC(C)(C)c1ccc(-n2cc(N)c(C(N)=O)n2)nc1. The molecule has 2 heterocycles. The number of carbonyl (C=O) groups is 1. The Labute approximate surface area is 111 Å². The van der Waals surface area contributed by atoms with Gasteiger partial charge in [-0.1, -0.05) is 26.8 Å². The van der Waals surface area contributed by atoms with E-state index in [1.807, 2.05) is 12.1 Å². The molecule has 1 amide bonds. The molecule has 0 aliphatic carbocycles. The zero-order valence-electron chi connectivity index (χ0n) is 11.2. The van der Waals surface area contributed by atoms with Crippen molar-refractivity contribution in [1.82, 2.24) is 14.8 Å². The van der Waals surface area contributed by atoms with Gasteiger partial charge in [-0.05, 0) is 17.0 Å². The molecule has 0 saturated heterocycles. The van der Waals surface area contributed by atoms with Crippen molar-refractivity contribution in [2.45, 2.75) is 26.2 Å². The Morgan fingerprint density at radius 1 is 1.32 bits per heavy atom. The highest BCUT2D eigenvalue weighted by molar-refractivity contribution is 5.95. The topological polar surface area (TPSA) is 99.8 Å². The first-order valence-electron chi connectivity index (χ1n) is 5.91. The molecule has 0 spiro atoms. The average molecular weight is 259 g/mol. The Balaban J connectivity index is 2.38. The van der Waals surface area contributed by atoms with Gasteiger partial charge in [-0.2, -0.15) is 5.10 Å². The van der Waals surface area contributed by atoms with Gasteiger partial charge in [-0.15, -0.1) is 0 Å². The average Bonchev–Trinajstić information content (AvgIpc) is 2.70. The molecule has 100 valence electrons. The molecular formula is C13H17N5O. The van der Waals surface area contributed by atoms with E-state index in [0.717, 1.165) is 5.56 Å². The van der Waals surface area contributed by atoms with Gasteiger partial charge in [0.25, 0.3) is 5.91 Å². The Kier molecular flexibility index (Phi) is 3.01. The normalized spacial score (nSPS) is 11.5. The Morgan fingerprint density at radius 2 is 2.00 bits per heavy atom. The van der Waals surface area contributed by atoms with Gasteiger partial charge in [0.05, 0.1) is 11.9 Å². The Bertz CT molecular complexity index is 607. The third kappa shape index (κ3) is 2.57. The van der Waals surface area contributed by atoms with Crippen molar-refractivity contribution in [2.24, 2.45) is 5.73 Å². The fourth-order valence-corrected chi connectivity index (χ4v) is 1.66. The van der Waals surface area contributed by atoms with Crippen LogP contribution in [-0.2, 0) is 5.41 Å². The maximum atomic E-state index is 11.1. The summed E-state index contributed by atoms with van der Waals surface area (Å²) in [6.45, 7) is 6.34. The van der Waals surface area contributed by atoms with Crippen LogP contribution in [0.15, 0.2) is 24.5 Å². The molecule has 0 fully saturated rings. The molecule has 4 N–H and O–H groups in total. The maximum Gasteiger partial charge on any atom is 0.271 e. The van der Waals surface area contributed by atoms with Crippen molar-refractivity contribution >= 4 is 11.6 Å². The van der Waals surface area contributed by atoms with E-state index in [-0.39, 0.29) is 16.8 Å². The number of primary amides is 1. The minimum absolute atomic E-state index is 0.0348. The third-order valence-electron chi connectivity index (χ3n) is 2.82. The molecule has 0 bridgehead atoms. The van der Waals surface area contributed by atoms with E-state index < -0.39 is 5.91 Å². The van der Waals surface area contributed by atoms with Crippen molar-refractivity contribution < 1.29 is 4.79 Å². The molecule has 2 aromatic rings. The van der Waals surface area contributed by atoms with E-state index in [1.54, 1.807) is 6.20 Å². The second-order valence-electron chi connectivity index (χ2n) is 5.40. The minimum atomic E-state index is -0.650. The number of carbonyl (C=O) groups excluding carboxylic acids is 1. The number of hydrogen-bond donors (Lipinski definition) is 2.